The first-order valence-corrected chi connectivity index (χ1v) is 7.75. The van der Waals surface area contributed by atoms with E-state index in [2.05, 4.69) is 31.3 Å². The highest BCUT2D eigenvalue weighted by molar-refractivity contribution is 5.48. The van der Waals surface area contributed by atoms with Gasteiger partial charge in [0.1, 0.15) is 17.6 Å². The van der Waals surface area contributed by atoms with Gasteiger partial charge in [-0.15, -0.1) is 0 Å². The Hall–Kier alpha value is -1.22. The summed E-state index contributed by atoms with van der Waals surface area (Å²) in [5.74, 6) is 2.97. The number of methoxy groups -OCH3 is 1. The van der Waals surface area contributed by atoms with Gasteiger partial charge in [0, 0.05) is 30.1 Å². The van der Waals surface area contributed by atoms with Gasteiger partial charge in [0.15, 0.2) is 0 Å². The van der Waals surface area contributed by atoms with Crippen LogP contribution >= 0.6 is 0 Å². The molecule has 20 heavy (non-hydrogen) atoms. The quantitative estimate of drug-likeness (QED) is 0.864. The lowest BCUT2D eigenvalue weighted by Gasteiger charge is -2.16. The average molecular weight is 275 g/mol. The van der Waals surface area contributed by atoms with E-state index in [1.807, 2.05) is 0 Å². The standard InChI is InChI=1S/C17H25NO2/c1-11(6-13-4-5-13)18-10-15-9-17-14(7-12(2)20-17)8-16(15)19-3/h8-9,11-13,18H,4-7,10H2,1-3H3. The van der Waals surface area contributed by atoms with Gasteiger partial charge in [-0.1, -0.05) is 12.8 Å². The molecular weight excluding hydrogens is 250 g/mol. The van der Waals surface area contributed by atoms with Crippen LogP contribution < -0.4 is 14.8 Å². The fourth-order valence-corrected chi connectivity index (χ4v) is 3.03. The highest BCUT2D eigenvalue weighted by Crippen LogP contribution is 2.36. The van der Waals surface area contributed by atoms with E-state index in [0.29, 0.717) is 6.04 Å². The van der Waals surface area contributed by atoms with E-state index in [0.717, 1.165) is 30.4 Å². The summed E-state index contributed by atoms with van der Waals surface area (Å²) in [7, 11) is 1.75. The smallest absolute Gasteiger partial charge is 0.123 e. The van der Waals surface area contributed by atoms with Crippen molar-refractivity contribution >= 4 is 0 Å². The lowest BCUT2D eigenvalue weighted by molar-refractivity contribution is 0.254. The van der Waals surface area contributed by atoms with Crippen LogP contribution in [0.5, 0.6) is 11.5 Å². The van der Waals surface area contributed by atoms with Gasteiger partial charge in [-0.3, -0.25) is 0 Å². The van der Waals surface area contributed by atoms with E-state index in [4.69, 9.17) is 9.47 Å². The van der Waals surface area contributed by atoms with E-state index in [1.165, 1.54) is 30.4 Å². The van der Waals surface area contributed by atoms with Gasteiger partial charge in [-0.2, -0.15) is 0 Å². The molecule has 2 atom stereocenters. The predicted octanol–water partition coefficient (Wildman–Crippen LogP) is 3.30. The number of hydrogen-bond donors (Lipinski definition) is 1. The summed E-state index contributed by atoms with van der Waals surface area (Å²) in [4.78, 5) is 0. The monoisotopic (exact) mass is 275 g/mol. The molecule has 3 heteroatoms. The summed E-state index contributed by atoms with van der Waals surface area (Å²) in [6.07, 6.45) is 5.39. The van der Waals surface area contributed by atoms with Crippen LogP contribution in [0, 0.1) is 5.92 Å². The highest BCUT2D eigenvalue weighted by atomic mass is 16.5. The van der Waals surface area contributed by atoms with Crippen molar-refractivity contribution in [2.45, 2.75) is 58.2 Å². The Bertz CT molecular complexity index is 482. The van der Waals surface area contributed by atoms with Crippen LogP contribution in [0.1, 0.15) is 44.2 Å². The molecular formula is C17H25NO2. The maximum absolute atomic E-state index is 5.84. The second kappa shape index (κ2) is 5.65. The van der Waals surface area contributed by atoms with Crippen molar-refractivity contribution in [2.75, 3.05) is 7.11 Å². The van der Waals surface area contributed by atoms with Crippen LogP contribution in [0.25, 0.3) is 0 Å². The number of benzene rings is 1. The van der Waals surface area contributed by atoms with Crippen molar-refractivity contribution in [3.63, 3.8) is 0 Å². The van der Waals surface area contributed by atoms with Crippen molar-refractivity contribution < 1.29 is 9.47 Å². The Balaban J connectivity index is 1.66. The third-order valence-electron chi connectivity index (χ3n) is 4.32. The topological polar surface area (TPSA) is 30.5 Å². The number of rotatable bonds is 6. The van der Waals surface area contributed by atoms with E-state index in [-0.39, 0.29) is 6.10 Å². The first-order valence-electron chi connectivity index (χ1n) is 7.75. The van der Waals surface area contributed by atoms with Gasteiger partial charge >= 0.3 is 0 Å². The molecule has 1 aliphatic carbocycles. The maximum Gasteiger partial charge on any atom is 0.123 e. The van der Waals surface area contributed by atoms with Crippen molar-refractivity contribution in [3.05, 3.63) is 23.3 Å². The predicted molar refractivity (Wildman–Crippen MR) is 80.4 cm³/mol. The summed E-state index contributed by atoms with van der Waals surface area (Å²) >= 11 is 0. The van der Waals surface area contributed by atoms with Crippen LogP contribution in [0.3, 0.4) is 0 Å². The first-order chi connectivity index (χ1) is 9.65. The molecule has 1 fully saturated rings. The van der Waals surface area contributed by atoms with E-state index in [9.17, 15) is 0 Å². The van der Waals surface area contributed by atoms with Gasteiger partial charge in [0.2, 0.25) is 0 Å². The van der Waals surface area contributed by atoms with Gasteiger partial charge in [0.25, 0.3) is 0 Å². The molecule has 1 saturated carbocycles. The molecule has 3 nitrogen and oxygen atoms in total. The van der Waals surface area contributed by atoms with Crippen LogP contribution in [-0.4, -0.2) is 19.3 Å². The molecule has 0 saturated heterocycles. The van der Waals surface area contributed by atoms with Crippen LogP contribution in [0.15, 0.2) is 12.1 Å². The highest BCUT2D eigenvalue weighted by Gasteiger charge is 2.24. The Morgan fingerprint density at radius 3 is 2.90 bits per heavy atom. The second-order valence-corrected chi connectivity index (χ2v) is 6.37. The molecule has 0 spiro atoms. The molecule has 110 valence electrons. The zero-order valence-corrected chi connectivity index (χ0v) is 12.7. The summed E-state index contributed by atoms with van der Waals surface area (Å²) in [5, 5.41) is 3.61. The van der Waals surface area contributed by atoms with Gasteiger partial charge in [-0.25, -0.2) is 0 Å². The Labute approximate surface area is 121 Å². The first kappa shape index (κ1) is 13.7. The van der Waals surface area contributed by atoms with Gasteiger partial charge in [0.05, 0.1) is 7.11 Å². The van der Waals surface area contributed by atoms with Gasteiger partial charge < -0.3 is 14.8 Å². The SMILES string of the molecule is COc1cc2c(cc1CNC(C)CC1CC1)OC(C)C2. The summed E-state index contributed by atoms with van der Waals surface area (Å²) in [5.41, 5.74) is 2.46. The summed E-state index contributed by atoms with van der Waals surface area (Å²) in [6.45, 7) is 5.24. The number of ether oxygens (including phenoxy) is 2. The number of nitrogens with one attached hydrogen (secondary N) is 1. The average Bonchev–Trinajstić information content (AvgIpc) is 3.14. The van der Waals surface area contributed by atoms with Crippen LogP contribution in [0.4, 0.5) is 0 Å². The molecule has 1 aliphatic heterocycles. The minimum atomic E-state index is 0.284. The molecule has 0 bridgehead atoms. The lowest BCUT2D eigenvalue weighted by Crippen LogP contribution is -2.26. The molecule has 0 aromatic heterocycles. The van der Waals surface area contributed by atoms with Crippen molar-refractivity contribution in [1.82, 2.24) is 5.32 Å². The van der Waals surface area contributed by atoms with E-state index in [1.54, 1.807) is 7.11 Å². The summed E-state index contributed by atoms with van der Waals surface area (Å²) in [6, 6.07) is 4.86. The fourth-order valence-electron chi connectivity index (χ4n) is 3.03. The molecule has 2 unspecified atom stereocenters. The third-order valence-corrected chi connectivity index (χ3v) is 4.32. The third kappa shape index (κ3) is 3.09. The van der Waals surface area contributed by atoms with E-state index < -0.39 is 0 Å². The lowest BCUT2D eigenvalue weighted by atomic mass is 10.1. The molecule has 1 aromatic rings. The van der Waals surface area contributed by atoms with Crippen LogP contribution in [0.2, 0.25) is 0 Å². The maximum atomic E-state index is 5.84. The molecule has 1 heterocycles. The molecule has 2 aliphatic rings. The minimum absolute atomic E-state index is 0.284. The Kier molecular flexibility index (Phi) is 3.88. The van der Waals surface area contributed by atoms with Gasteiger partial charge in [-0.05, 0) is 38.3 Å². The zero-order chi connectivity index (χ0) is 14.1. The minimum Gasteiger partial charge on any atom is -0.496 e. The Morgan fingerprint density at radius 1 is 1.40 bits per heavy atom. The molecule has 0 amide bonds. The zero-order valence-electron chi connectivity index (χ0n) is 12.7. The number of fused-ring (bicyclic) bond motifs is 1. The molecule has 0 radical (unpaired) electrons. The normalized spacial score (nSPS) is 22.2. The second-order valence-electron chi connectivity index (χ2n) is 6.37. The van der Waals surface area contributed by atoms with Crippen LogP contribution in [-0.2, 0) is 13.0 Å². The van der Waals surface area contributed by atoms with Crippen molar-refractivity contribution in [3.8, 4) is 11.5 Å². The molecule has 1 N–H and O–H groups in total. The molecule has 3 rings (SSSR count). The number of hydrogen-bond acceptors (Lipinski definition) is 3. The van der Waals surface area contributed by atoms with E-state index >= 15 is 0 Å². The summed E-state index contributed by atoms with van der Waals surface area (Å²) < 4.78 is 11.4. The van der Waals surface area contributed by atoms with Crippen molar-refractivity contribution in [1.29, 1.82) is 0 Å². The molecule has 1 aromatic carbocycles. The largest absolute Gasteiger partial charge is 0.496 e. The van der Waals surface area contributed by atoms with Crippen molar-refractivity contribution in [2.24, 2.45) is 5.92 Å². The Morgan fingerprint density at radius 2 is 2.20 bits per heavy atom. The fraction of sp³-hybridized carbons (Fsp3) is 0.647.